The number of para-hydroxylation sites is 1. The van der Waals surface area contributed by atoms with Gasteiger partial charge in [-0.1, -0.05) is 17.7 Å². The zero-order valence-corrected chi connectivity index (χ0v) is 12.5. The minimum Gasteiger partial charge on any atom is -0.508 e. The number of aryl methyl sites for hydroxylation is 1. The number of rotatable bonds is 0. The lowest BCUT2D eigenvalue weighted by Gasteiger charge is -2.13. The molecule has 0 spiro atoms. The summed E-state index contributed by atoms with van der Waals surface area (Å²) in [5.41, 5.74) is 2.57. The van der Waals surface area contributed by atoms with Crippen molar-refractivity contribution in [2.45, 2.75) is 26.2 Å². The van der Waals surface area contributed by atoms with Crippen LogP contribution in [0, 0.1) is 0 Å². The Morgan fingerprint density at radius 3 is 2.73 bits per heavy atom. The first kappa shape index (κ1) is 14.4. The number of aromatic hydroxyl groups is 1. The molecule has 3 heteroatoms. The van der Waals surface area contributed by atoms with E-state index >= 15 is 0 Å². The van der Waals surface area contributed by atoms with Crippen molar-refractivity contribution in [2.75, 3.05) is 0 Å². The summed E-state index contributed by atoms with van der Waals surface area (Å²) < 4.78 is 5.97. The monoisotopic (exact) mass is 294 g/mol. The molecule has 0 aromatic heterocycles. The molecule has 0 fully saturated rings. The molecule has 1 heterocycles. The second kappa shape index (κ2) is 6.06. The third-order valence-electron chi connectivity index (χ3n) is 3.81. The quantitative estimate of drug-likeness (QED) is 0.769. The Kier molecular flexibility index (Phi) is 3.96. The van der Waals surface area contributed by atoms with Crippen LogP contribution in [0.15, 0.2) is 54.1 Å². The van der Waals surface area contributed by atoms with E-state index in [0.29, 0.717) is 17.1 Å². The van der Waals surface area contributed by atoms with Crippen molar-refractivity contribution in [3.05, 3.63) is 65.2 Å². The molecule has 2 aromatic carbocycles. The summed E-state index contributed by atoms with van der Waals surface area (Å²) in [5, 5.41) is 9.70. The number of benzene rings is 2. The fourth-order valence-corrected chi connectivity index (χ4v) is 2.67. The van der Waals surface area contributed by atoms with Gasteiger partial charge in [0.2, 0.25) is 0 Å². The van der Waals surface area contributed by atoms with Gasteiger partial charge in [0.05, 0.1) is 5.56 Å². The maximum Gasteiger partial charge on any atom is 0.189 e. The maximum absolute atomic E-state index is 12.4. The van der Waals surface area contributed by atoms with E-state index < -0.39 is 0 Å². The van der Waals surface area contributed by atoms with Crippen molar-refractivity contribution < 1.29 is 14.6 Å². The van der Waals surface area contributed by atoms with Gasteiger partial charge in [-0.3, -0.25) is 4.79 Å². The Morgan fingerprint density at radius 2 is 1.86 bits per heavy atom. The largest absolute Gasteiger partial charge is 0.508 e. The second-order valence-corrected chi connectivity index (χ2v) is 5.60. The average molecular weight is 294 g/mol. The van der Waals surface area contributed by atoms with E-state index in [1.807, 2.05) is 19.1 Å². The molecular formula is C19H18O3. The van der Waals surface area contributed by atoms with Crippen molar-refractivity contribution in [1.82, 2.24) is 0 Å². The summed E-state index contributed by atoms with van der Waals surface area (Å²) in [6.45, 7) is 1.97. The number of ether oxygens (including phenoxy) is 1. The van der Waals surface area contributed by atoms with Crippen LogP contribution >= 0.6 is 0 Å². The smallest absolute Gasteiger partial charge is 0.189 e. The van der Waals surface area contributed by atoms with E-state index in [2.05, 4.69) is 0 Å². The highest BCUT2D eigenvalue weighted by molar-refractivity contribution is 6.06. The fourth-order valence-electron chi connectivity index (χ4n) is 2.67. The van der Waals surface area contributed by atoms with Gasteiger partial charge in [0.25, 0.3) is 0 Å². The van der Waals surface area contributed by atoms with E-state index in [1.54, 1.807) is 36.4 Å². The third-order valence-corrected chi connectivity index (χ3v) is 3.81. The Bertz CT molecular complexity index is 744. The van der Waals surface area contributed by atoms with E-state index in [1.165, 1.54) is 0 Å². The van der Waals surface area contributed by atoms with Gasteiger partial charge >= 0.3 is 0 Å². The second-order valence-electron chi connectivity index (χ2n) is 5.60. The van der Waals surface area contributed by atoms with Crippen LogP contribution in [0.3, 0.4) is 0 Å². The molecule has 1 N–H and O–H groups in total. The number of allylic oxidation sites excluding steroid dienone is 2. The molecule has 3 nitrogen and oxygen atoms in total. The minimum absolute atomic E-state index is 0.0321. The van der Waals surface area contributed by atoms with Crippen molar-refractivity contribution >= 4 is 5.78 Å². The number of ketones is 1. The summed E-state index contributed by atoms with van der Waals surface area (Å²) in [5.74, 6) is 1.44. The lowest BCUT2D eigenvalue weighted by molar-refractivity contribution is 0.104. The molecule has 0 atom stereocenters. The molecule has 22 heavy (non-hydrogen) atoms. The topological polar surface area (TPSA) is 46.5 Å². The molecule has 0 saturated carbocycles. The highest BCUT2D eigenvalue weighted by Crippen LogP contribution is 2.32. The Morgan fingerprint density at radius 1 is 1.05 bits per heavy atom. The number of hydrogen-bond acceptors (Lipinski definition) is 3. The van der Waals surface area contributed by atoms with Crippen molar-refractivity contribution in [1.29, 1.82) is 0 Å². The van der Waals surface area contributed by atoms with Gasteiger partial charge in [-0.05, 0) is 68.2 Å². The Labute approximate surface area is 129 Å². The van der Waals surface area contributed by atoms with Crippen LogP contribution in [0.4, 0.5) is 0 Å². The molecule has 2 aromatic rings. The molecule has 0 bridgehead atoms. The Hall–Kier alpha value is -2.55. The molecule has 3 rings (SSSR count). The van der Waals surface area contributed by atoms with Crippen molar-refractivity contribution in [3.8, 4) is 17.2 Å². The molecule has 1 aliphatic rings. The first-order chi connectivity index (χ1) is 10.6. The first-order valence-electron chi connectivity index (χ1n) is 7.44. The number of phenols is 1. The lowest BCUT2D eigenvalue weighted by atomic mass is 10.0. The first-order valence-corrected chi connectivity index (χ1v) is 7.44. The van der Waals surface area contributed by atoms with Crippen LogP contribution in [-0.4, -0.2) is 10.9 Å². The minimum atomic E-state index is -0.0321. The molecule has 0 unspecified atom stereocenters. The van der Waals surface area contributed by atoms with Crippen molar-refractivity contribution in [3.63, 3.8) is 0 Å². The van der Waals surface area contributed by atoms with Crippen LogP contribution < -0.4 is 4.74 Å². The molecule has 0 radical (unpaired) electrons. The zero-order valence-electron chi connectivity index (χ0n) is 12.5. The predicted octanol–water partition coefficient (Wildman–Crippen LogP) is 4.65. The van der Waals surface area contributed by atoms with Crippen LogP contribution in [-0.2, 0) is 6.42 Å². The number of carbonyl (C=O) groups is 1. The lowest BCUT2D eigenvalue weighted by Crippen LogP contribution is -1.99. The van der Waals surface area contributed by atoms with Crippen LogP contribution in [0.2, 0.25) is 0 Å². The predicted molar refractivity (Wildman–Crippen MR) is 85.6 cm³/mol. The highest BCUT2D eigenvalue weighted by Gasteiger charge is 2.14. The molecule has 0 amide bonds. The van der Waals surface area contributed by atoms with E-state index in [0.717, 1.165) is 30.4 Å². The van der Waals surface area contributed by atoms with Crippen LogP contribution in [0.25, 0.3) is 0 Å². The normalized spacial score (nSPS) is 17.3. The van der Waals surface area contributed by atoms with Gasteiger partial charge in [-0.2, -0.15) is 0 Å². The SMILES string of the molecule is C/C1=C/C(=O)c2ccccc2Oc2ccc(O)cc2CCC1. The Balaban J connectivity index is 2.11. The third kappa shape index (κ3) is 3.03. The van der Waals surface area contributed by atoms with Gasteiger partial charge in [0, 0.05) is 0 Å². The number of fused-ring (bicyclic) bond motifs is 2. The number of phenolic OH excluding ortho intramolecular Hbond substituents is 1. The highest BCUT2D eigenvalue weighted by atomic mass is 16.5. The van der Waals surface area contributed by atoms with E-state index in [9.17, 15) is 9.90 Å². The standard InChI is InChI=1S/C19H18O3/c1-13-5-4-6-14-12-15(20)9-10-18(14)22-19-8-3-2-7-16(19)17(21)11-13/h2-3,7-12,20H,4-6H2,1H3/b13-11-. The summed E-state index contributed by atoms with van der Waals surface area (Å²) in [6, 6.07) is 12.3. The van der Waals surface area contributed by atoms with E-state index in [-0.39, 0.29) is 11.5 Å². The van der Waals surface area contributed by atoms with Crippen LogP contribution in [0.5, 0.6) is 17.2 Å². The molecule has 0 aliphatic carbocycles. The van der Waals surface area contributed by atoms with Gasteiger partial charge < -0.3 is 9.84 Å². The summed E-state index contributed by atoms with van der Waals surface area (Å²) >= 11 is 0. The van der Waals surface area contributed by atoms with Gasteiger partial charge in [-0.15, -0.1) is 0 Å². The molecule has 1 aliphatic heterocycles. The molecular weight excluding hydrogens is 276 g/mol. The summed E-state index contributed by atoms with van der Waals surface area (Å²) in [4.78, 5) is 12.4. The number of hydrogen-bond donors (Lipinski definition) is 1. The average Bonchev–Trinajstić information content (AvgIpc) is 2.51. The molecule has 112 valence electrons. The zero-order chi connectivity index (χ0) is 15.5. The summed E-state index contributed by atoms with van der Waals surface area (Å²) in [6.07, 6.45) is 4.25. The van der Waals surface area contributed by atoms with Gasteiger partial charge in [0.15, 0.2) is 5.78 Å². The van der Waals surface area contributed by atoms with Gasteiger partial charge in [-0.25, -0.2) is 0 Å². The summed E-state index contributed by atoms with van der Waals surface area (Å²) in [7, 11) is 0. The van der Waals surface area contributed by atoms with E-state index in [4.69, 9.17) is 4.74 Å². The maximum atomic E-state index is 12.4. The number of carbonyl (C=O) groups excluding carboxylic acids is 1. The fraction of sp³-hybridized carbons (Fsp3) is 0.211. The van der Waals surface area contributed by atoms with Crippen LogP contribution in [0.1, 0.15) is 35.7 Å². The molecule has 0 saturated heterocycles. The van der Waals surface area contributed by atoms with Gasteiger partial charge in [0.1, 0.15) is 17.2 Å². The van der Waals surface area contributed by atoms with Crippen molar-refractivity contribution in [2.24, 2.45) is 0 Å².